The first-order valence-electron chi connectivity index (χ1n) is 13.4. The summed E-state index contributed by atoms with van der Waals surface area (Å²) in [7, 11) is -9.86. The molecule has 1 aromatic heterocycles. The van der Waals surface area contributed by atoms with Crippen LogP contribution in [0.1, 0.15) is 23.8 Å². The van der Waals surface area contributed by atoms with Crippen LogP contribution in [-0.4, -0.2) is 88.5 Å². The van der Waals surface area contributed by atoms with E-state index in [4.69, 9.17) is 13.8 Å². The second-order valence-electron chi connectivity index (χ2n) is 10.0. The zero-order valence-electron chi connectivity index (χ0n) is 24.2. The quantitative estimate of drug-likeness (QED) is 0.0824. The normalized spacial score (nSPS) is 18.7. The zero-order valence-corrected chi connectivity index (χ0v) is 29.2. The van der Waals surface area contributed by atoms with Crippen molar-refractivity contribution in [3.05, 3.63) is 80.6 Å². The Hall–Kier alpha value is -2.12. The van der Waals surface area contributed by atoms with E-state index in [1.807, 2.05) is 0 Å². The van der Waals surface area contributed by atoms with Crippen LogP contribution in [0.5, 0.6) is 11.5 Å². The van der Waals surface area contributed by atoms with Crippen molar-refractivity contribution in [1.82, 2.24) is 9.55 Å². The van der Waals surface area contributed by atoms with E-state index in [2.05, 4.69) is 52.0 Å². The number of phosphoric acid groups is 2. The van der Waals surface area contributed by atoms with Gasteiger partial charge in [-0.3, -0.25) is 43.1 Å². The van der Waals surface area contributed by atoms with E-state index in [1.165, 1.54) is 55.6 Å². The van der Waals surface area contributed by atoms with Gasteiger partial charge in [0.25, 0.3) is 5.56 Å². The minimum atomic E-state index is -4.94. The summed E-state index contributed by atoms with van der Waals surface area (Å²) in [5.41, 5.74) is -0.524. The first-order valence-corrected chi connectivity index (χ1v) is 18.7. The monoisotopic (exact) mass is 848 g/mol. The summed E-state index contributed by atoms with van der Waals surface area (Å²) >= 11 is 6.05. The molecule has 0 spiro atoms. The number of aryl methyl sites for hydroxylation is 1. The first kappa shape index (κ1) is 40.3. The van der Waals surface area contributed by atoms with Crippen molar-refractivity contribution in [2.45, 2.75) is 38.2 Å². The van der Waals surface area contributed by atoms with E-state index in [1.54, 1.807) is 0 Å². The van der Waals surface area contributed by atoms with E-state index >= 15 is 0 Å². The average Bonchev–Trinajstić information content (AvgIpc) is 3.35. The van der Waals surface area contributed by atoms with Crippen molar-refractivity contribution in [2.75, 3.05) is 21.3 Å². The Morgan fingerprint density at radius 2 is 1.69 bits per heavy atom. The van der Waals surface area contributed by atoms with Gasteiger partial charge < -0.3 is 24.4 Å². The topological polar surface area (TPSA) is 245 Å². The Morgan fingerprint density at radius 3 is 2.35 bits per heavy atom. The summed E-state index contributed by atoms with van der Waals surface area (Å²) in [6, 6.07) is 9.48. The third-order valence-corrected chi connectivity index (χ3v) is 8.93. The molecule has 256 valence electrons. The van der Waals surface area contributed by atoms with Crippen molar-refractivity contribution in [3.8, 4) is 11.5 Å². The Bertz CT molecular complexity index is 1870. The molecule has 4 atom stereocenters. The predicted octanol–water partition coefficient (Wildman–Crippen LogP) is 2.43. The maximum atomic E-state index is 13.3. The van der Waals surface area contributed by atoms with Crippen LogP contribution < -0.4 is 30.9 Å². The molecule has 1 saturated heterocycles. The van der Waals surface area contributed by atoms with E-state index in [9.17, 15) is 43.0 Å². The van der Waals surface area contributed by atoms with Gasteiger partial charge in [-0.05, 0) is 30.7 Å². The number of carbonyl (C=O) groups excluding carboxylic acids is 2. The Labute approximate surface area is 311 Å². The van der Waals surface area contributed by atoms with Gasteiger partial charge in [0.1, 0.15) is 23.8 Å². The Kier molecular flexibility index (Phi) is 14.4. The van der Waals surface area contributed by atoms with E-state index in [-0.39, 0.29) is 87.4 Å². The van der Waals surface area contributed by atoms with Crippen molar-refractivity contribution in [3.63, 3.8) is 0 Å². The maximum absolute atomic E-state index is 13.3. The first-order chi connectivity index (χ1) is 22.1. The van der Waals surface area contributed by atoms with E-state index < -0.39 is 51.2 Å². The summed E-state index contributed by atoms with van der Waals surface area (Å²) in [6.07, 6.45) is -2.43. The van der Waals surface area contributed by atoms with Crippen molar-refractivity contribution in [2.24, 2.45) is 0 Å². The number of hydrogen-bond acceptors (Lipinski definition) is 10. The molecule has 0 radical (unpaired) electrons. The summed E-state index contributed by atoms with van der Waals surface area (Å²) < 4.78 is 47.3. The number of H-pyrrole nitrogens is 1. The van der Waals surface area contributed by atoms with Crippen LogP contribution in [0.4, 0.5) is 11.4 Å². The molecule has 4 unspecified atom stereocenters. The third-order valence-electron chi connectivity index (χ3n) is 6.49. The molecule has 1 aliphatic rings. The number of nitrogens with zero attached hydrogens (tertiary/aromatic N) is 1. The number of carbonyl (C=O) groups is 2. The molecule has 2 heterocycles. The molecule has 4 rings (SSSR count). The molecule has 1 aliphatic heterocycles. The minimum absolute atomic E-state index is 0. The van der Waals surface area contributed by atoms with Gasteiger partial charge in [-0.1, -0.05) is 44.0 Å². The van der Waals surface area contributed by atoms with E-state index in [0.29, 0.717) is 5.56 Å². The number of alkyl halides is 2. The van der Waals surface area contributed by atoms with Crippen LogP contribution in [0.15, 0.2) is 58.3 Å². The summed E-state index contributed by atoms with van der Waals surface area (Å²) in [4.78, 5) is 80.0. The van der Waals surface area contributed by atoms with Gasteiger partial charge >= 0.3 is 50.9 Å². The molecule has 0 saturated carbocycles. The molecule has 22 heteroatoms. The van der Waals surface area contributed by atoms with Crippen molar-refractivity contribution >= 4 is 100 Å². The van der Waals surface area contributed by atoms with Gasteiger partial charge in [-0.25, -0.2) is 13.9 Å². The molecular formula is C26H29Br2N4NaO13P2. The number of hydrogen-bond donors (Lipinski definition) is 6. The number of anilines is 2. The Morgan fingerprint density at radius 1 is 1.02 bits per heavy atom. The van der Waals surface area contributed by atoms with Crippen molar-refractivity contribution in [1.29, 1.82) is 0 Å². The molecule has 2 amide bonds. The molecule has 2 aromatic carbocycles. The van der Waals surface area contributed by atoms with Crippen LogP contribution in [-0.2, 0) is 34.4 Å². The van der Waals surface area contributed by atoms with Crippen LogP contribution in [0.25, 0.3) is 0 Å². The van der Waals surface area contributed by atoms with Gasteiger partial charge in [0, 0.05) is 48.1 Å². The Balaban J connectivity index is 0.00000625. The summed E-state index contributed by atoms with van der Waals surface area (Å²) in [5.74, 6) is -1.26. The zero-order chi connectivity index (χ0) is 34.5. The summed E-state index contributed by atoms with van der Waals surface area (Å²) in [5, 5.41) is 5.03. The van der Waals surface area contributed by atoms with Gasteiger partial charge in [0.15, 0.2) is 0 Å². The molecule has 0 aliphatic carbocycles. The molecule has 3 aromatic rings. The molecule has 1 fully saturated rings. The molecular weight excluding hydrogens is 821 g/mol. The molecule has 17 nitrogen and oxygen atoms in total. The second-order valence-corrected chi connectivity index (χ2v) is 13.7. The number of benzene rings is 2. The van der Waals surface area contributed by atoms with Gasteiger partial charge in [0.2, 0.25) is 11.8 Å². The van der Waals surface area contributed by atoms with Crippen LogP contribution in [0, 0.1) is 6.92 Å². The number of phosphoric ester groups is 2. The SMILES string of the molecule is Cc1cn(C2CC(OP(=O)(O)Oc3cccc(NC(=O)CBr)c3)C(Cc3ccc(OP(=O)(O)O)cc3NC(=O)CBr)O2)c(=O)[nH]c1=O.[NaH]. The fraction of sp³-hybridized carbons (Fsp3) is 0.308. The number of ether oxygens (including phenoxy) is 1. The van der Waals surface area contributed by atoms with E-state index in [0.717, 1.165) is 4.57 Å². The summed E-state index contributed by atoms with van der Waals surface area (Å²) in [6.45, 7) is 1.47. The number of rotatable bonds is 13. The average molecular weight is 850 g/mol. The fourth-order valence-electron chi connectivity index (χ4n) is 4.56. The molecule has 6 N–H and O–H groups in total. The van der Waals surface area contributed by atoms with Gasteiger partial charge in [-0.15, -0.1) is 0 Å². The molecule has 0 bridgehead atoms. The van der Waals surface area contributed by atoms with Crippen molar-refractivity contribution < 1.29 is 51.7 Å². The van der Waals surface area contributed by atoms with Crippen LogP contribution in [0.2, 0.25) is 0 Å². The number of amides is 2. The number of halogens is 2. The van der Waals surface area contributed by atoms with Gasteiger partial charge in [-0.2, -0.15) is 0 Å². The van der Waals surface area contributed by atoms with Crippen LogP contribution in [0.3, 0.4) is 0 Å². The third kappa shape index (κ3) is 11.5. The fourth-order valence-corrected chi connectivity index (χ4v) is 6.22. The standard InChI is InChI=1S/C26H28Br2N4O13P2.Na.H/c1-14-13-32(26(36)31-25(14)35)24-10-21(45-47(40,41)44-17-4-2-3-16(8-17)29-22(33)11-27)20(42-24)7-15-5-6-18(43-46(37,38)39)9-19(15)30-23(34)12-28;;/h2-6,8-9,13,20-21,24H,7,10-12H2,1H3,(H,29,33)(H,30,34)(H,40,41)(H,31,35,36)(H2,37,38,39);;. The predicted molar refractivity (Wildman–Crippen MR) is 181 cm³/mol. The number of nitrogens with one attached hydrogen (secondary N) is 3. The number of aromatic amines is 1. The van der Waals surface area contributed by atoms with Crippen LogP contribution >= 0.6 is 47.5 Å². The number of aromatic nitrogens is 2. The molecule has 48 heavy (non-hydrogen) atoms. The van der Waals surface area contributed by atoms with Gasteiger partial charge in [0.05, 0.1) is 16.8 Å². The second kappa shape index (κ2) is 17.2.